The Bertz CT molecular complexity index is 875. The molecule has 2 rings (SSSR count). The molecular formula is C20H31BF3N3O4S. The molecule has 1 aliphatic rings. The molecule has 32 heavy (non-hydrogen) atoms. The molecule has 7 nitrogen and oxygen atoms in total. The van der Waals surface area contributed by atoms with E-state index in [4.69, 9.17) is 4.65 Å². The molecule has 0 radical (unpaired) electrons. The van der Waals surface area contributed by atoms with E-state index in [0.717, 1.165) is 18.2 Å². The standard InChI is InChI=1S/C20H31BF3N3O4S/c1-14(2)12-18(26(3)21-31-4)19(28)27-10-8-16(9-11-27)25-32(29,30)17-7-5-6-15(13-17)20(22,23)24/h5-7,13-14,16,18,21,25H,8-12H2,1-4H3/t18-/m0/s1. The Morgan fingerprint density at radius 1 is 1.31 bits per heavy atom. The SMILES string of the molecule is COBN(C)[C@@H](CC(C)C)C(=O)N1CCC(NS(=O)(=O)c2cccc(C(F)(F)F)c2)CC1. The molecule has 0 spiro atoms. The molecule has 0 saturated carbocycles. The first kappa shape index (κ1) is 26.6. The van der Waals surface area contributed by atoms with E-state index in [2.05, 4.69) is 4.72 Å². The molecule has 1 aliphatic heterocycles. The number of likely N-dealkylation sites (tertiary alicyclic amines) is 1. The fourth-order valence-electron chi connectivity index (χ4n) is 3.76. The number of hydrogen-bond acceptors (Lipinski definition) is 5. The number of halogens is 3. The molecule has 0 unspecified atom stereocenters. The van der Waals surface area contributed by atoms with Gasteiger partial charge in [-0.25, -0.2) is 13.1 Å². The van der Waals surface area contributed by atoms with E-state index in [1.807, 2.05) is 25.7 Å². The zero-order valence-electron chi connectivity index (χ0n) is 18.9. The summed E-state index contributed by atoms with van der Waals surface area (Å²) in [4.78, 5) is 16.2. The van der Waals surface area contributed by atoms with E-state index in [1.165, 1.54) is 0 Å². The molecular weight excluding hydrogens is 446 g/mol. The molecule has 0 aliphatic carbocycles. The average molecular weight is 477 g/mol. The van der Waals surface area contributed by atoms with Crippen LogP contribution in [0.15, 0.2) is 29.2 Å². The maximum absolute atomic E-state index is 13.1. The summed E-state index contributed by atoms with van der Waals surface area (Å²) < 4.78 is 71.6. The first-order chi connectivity index (χ1) is 14.8. The van der Waals surface area contributed by atoms with E-state index in [0.29, 0.717) is 52.0 Å². The highest BCUT2D eigenvalue weighted by Gasteiger charge is 2.34. The van der Waals surface area contributed by atoms with Crippen LogP contribution in [0.4, 0.5) is 13.2 Å². The Morgan fingerprint density at radius 2 is 1.94 bits per heavy atom. The van der Waals surface area contributed by atoms with Crippen LogP contribution in [0.2, 0.25) is 0 Å². The van der Waals surface area contributed by atoms with Gasteiger partial charge in [0.25, 0.3) is 0 Å². The van der Waals surface area contributed by atoms with E-state index < -0.39 is 32.7 Å². The predicted molar refractivity (Wildman–Crippen MR) is 117 cm³/mol. The summed E-state index contributed by atoms with van der Waals surface area (Å²) in [5.74, 6) is 0.275. The van der Waals surface area contributed by atoms with Crippen LogP contribution in [-0.2, 0) is 25.6 Å². The highest BCUT2D eigenvalue weighted by molar-refractivity contribution is 7.89. The quantitative estimate of drug-likeness (QED) is 0.552. The fourth-order valence-corrected chi connectivity index (χ4v) is 5.12. The topological polar surface area (TPSA) is 79.0 Å². The van der Waals surface area contributed by atoms with Gasteiger partial charge >= 0.3 is 13.8 Å². The molecule has 1 atom stereocenters. The lowest BCUT2D eigenvalue weighted by molar-refractivity contribution is -0.138. The second kappa shape index (κ2) is 11.0. The summed E-state index contributed by atoms with van der Waals surface area (Å²) in [7, 11) is -0.407. The van der Waals surface area contributed by atoms with Gasteiger partial charge in [0.15, 0.2) is 0 Å². The van der Waals surface area contributed by atoms with E-state index in [9.17, 15) is 26.4 Å². The van der Waals surface area contributed by atoms with Crippen LogP contribution in [0, 0.1) is 5.92 Å². The lowest BCUT2D eigenvalue weighted by Gasteiger charge is -2.37. The number of sulfonamides is 1. The fraction of sp³-hybridized carbons (Fsp3) is 0.650. The van der Waals surface area contributed by atoms with Gasteiger partial charge in [0.2, 0.25) is 15.9 Å². The number of hydrogen-bond donors (Lipinski definition) is 1. The van der Waals surface area contributed by atoms with Crippen molar-refractivity contribution in [2.24, 2.45) is 5.92 Å². The van der Waals surface area contributed by atoms with Gasteiger partial charge in [-0.3, -0.25) is 4.79 Å². The Labute approximate surface area is 188 Å². The number of piperidine rings is 1. The van der Waals surface area contributed by atoms with Gasteiger partial charge in [-0.05, 0) is 50.4 Å². The molecule has 0 aromatic heterocycles. The second-order valence-corrected chi connectivity index (χ2v) is 10.3. The number of rotatable bonds is 9. The highest BCUT2D eigenvalue weighted by Crippen LogP contribution is 2.30. The molecule has 1 aromatic carbocycles. The number of carbonyl (C=O) groups excluding carboxylic acids is 1. The average Bonchev–Trinajstić information content (AvgIpc) is 2.71. The van der Waals surface area contributed by atoms with Gasteiger partial charge in [0, 0.05) is 26.2 Å². The Hall–Kier alpha value is -1.63. The molecule has 1 amide bonds. The molecule has 1 aromatic rings. The smallest absolute Gasteiger partial charge is 0.416 e. The van der Waals surface area contributed by atoms with Crippen molar-refractivity contribution in [1.82, 2.24) is 14.4 Å². The summed E-state index contributed by atoms with van der Waals surface area (Å²) >= 11 is 0. The second-order valence-electron chi connectivity index (χ2n) is 8.57. The molecule has 1 fully saturated rings. The lowest BCUT2D eigenvalue weighted by atomic mass is 9.96. The molecule has 180 valence electrons. The maximum Gasteiger partial charge on any atom is 0.416 e. The van der Waals surface area contributed by atoms with Gasteiger partial charge in [-0.2, -0.15) is 13.2 Å². The van der Waals surface area contributed by atoms with E-state index >= 15 is 0 Å². The monoisotopic (exact) mass is 477 g/mol. The van der Waals surface area contributed by atoms with Crippen molar-refractivity contribution in [3.63, 3.8) is 0 Å². The summed E-state index contributed by atoms with van der Waals surface area (Å²) in [5.41, 5.74) is -1.02. The number of carbonyl (C=O) groups is 1. The molecule has 1 heterocycles. The third-order valence-electron chi connectivity index (χ3n) is 5.44. The molecule has 0 bridgehead atoms. The van der Waals surface area contributed by atoms with Crippen LogP contribution in [0.25, 0.3) is 0 Å². The Morgan fingerprint density at radius 3 is 2.47 bits per heavy atom. The molecule has 1 N–H and O–H groups in total. The number of nitrogens with zero attached hydrogens (tertiary/aromatic N) is 2. The Balaban J connectivity index is 2.02. The predicted octanol–water partition coefficient (Wildman–Crippen LogP) is 2.23. The maximum atomic E-state index is 13.1. The third-order valence-corrected chi connectivity index (χ3v) is 6.96. The Kier molecular flexibility index (Phi) is 9.15. The highest BCUT2D eigenvalue weighted by atomic mass is 32.2. The third kappa shape index (κ3) is 7.19. The van der Waals surface area contributed by atoms with Gasteiger partial charge in [0.1, 0.15) is 0 Å². The number of benzene rings is 1. The van der Waals surface area contributed by atoms with Crippen LogP contribution < -0.4 is 4.72 Å². The van der Waals surface area contributed by atoms with Gasteiger partial charge in [0.05, 0.1) is 16.5 Å². The van der Waals surface area contributed by atoms with Crippen molar-refractivity contribution >= 4 is 23.5 Å². The minimum atomic E-state index is -4.63. The summed E-state index contributed by atoms with van der Waals surface area (Å²) in [6.45, 7) is 4.81. The molecule has 1 saturated heterocycles. The van der Waals surface area contributed by atoms with Crippen molar-refractivity contribution in [1.29, 1.82) is 0 Å². The minimum absolute atomic E-state index is 0.0302. The summed E-state index contributed by atoms with van der Waals surface area (Å²) in [6.07, 6.45) is -3.20. The van der Waals surface area contributed by atoms with Crippen molar-refractivity contribution in [3.05, 3.63) is 29.8 Å². The molecule has 12 heteroatoms. The van der Waals surface area contributed by atoms with Crippen LogP contribution in [0.5, 0.6) is 0 Å². The number of likely N-dealkylation sites (N-methyl/N-ethyl adjacent to an activating group) is 1. The van der Waals surface area contributed by atoms with E-state index in [1.54, 1.807) is 12.0 Å². The van der Waals surface area contributed by atoms with Crippen LogP contribution in [-0.4, -0.2) is 71.0 Å². The zero-order valence-corrected chi connectivity index (χ0v) is 19.7. The van der Waals surface area contributed by atoms with Crippen LogP contribution in [0.1, 0.15) is 38.7 Å². The summed E-state index contributed by atoms with van der Waals surface area (Å²) in [6, 6.07) is 2.87. The van der Waals surface area contributed by atoms with Gasteiger partial charge < -0.3 is 14.4 Å². The largest absolute Gasteiger partial charge is 0.427 e. The number of nitrogens with one attached hydrogen (secondary N) is 1. The number of amides is 1. The first-order valence-electron chi connectivity index (χ1n) is 10.5. The van der Waals surface area contributed by atoms with E-state index in [-0.39, 0.29) is 11.9 Å². The zero-order chi connectivity index (χ0) is 24.1. The first-order valence-corrected chi connectivity index (χ1v) is 12.0. The number of alkyl halides is 3. The van der Waals surface area contributed by atoms with Crippen LogP contribution >= 0.6 is 0 Å². The lowest BCUT2D eigenvalue weighted by Crippen LogP contribution is -2.53. The minimum Gasteiger partial charge on any atom is -0.427 e. The summed E-state index contributed by atoms with van der Waals surface area (Å²) in [5, 5.41) is 0. The van der Waals surface area contributed by atoms with Crippen molar-refractivity contribution in [2.75, 3.05) is 27.2 Å². The van der Waals surface area contributed by atoms with Gasteiger partial charge in [-0.1, -0.05) is 19.9 Å². The normalized spacial score (nSPS) is 17.1. The van der Waals surface area contributed by atoms with Crippen molar-refractivity contribution in [2.45, 2.75) is 56.3 Å². The van der Waals surface area contributed by atoms with Crippen molar-refractivity contribution < 1.29 is 31.0 Å². The van der Waals surface area contributed by atoms with Gasteiger partial charge in [-0.15, -0.1) is 0 Å². The van der Waals surface area contributed by atoms with Crippen LogP contribution in [0.3, 0.4) is 0 Å². The van der Waals surface area contributed by atoms with Crippen molar-refractivity contribution in [3.8, 4) is 0 Å².